The summed E-state index contributed by atoms with van der Waals surface area (Å²) >= 11 is 0. The van der Waals surface area contributed by atoms with Crippen molar-refractivity contribution in [3.8, 4) is 0 Å². The summed E-state index contributed by atoms with van der Waals surface area (Å²) in [6.07, 6.45) is 3.98. The number of allylic oxidation sites excluding steroid dienone is 1. The van der Waals surface area contributed by atoms with Crippen molar-refractivity contribution in [2.24, 2.45) is 11.8 Å². The molecule has 24 heavy (non-hydrogen) atoms. The van der Waals surface area contributed by atoms with Crippen molar-refractivity contribution < 1.29 is 14.4 Å². The molecule has 0 aliphatic carbocycles. The fourth-order valence-corrected chi connectivity index (χ4v) is 5.94. The minimum Gasteiger partial charge on any atom is -0.481 e. The van der Waals surface area contributed by atoms with Crippen molar-refractivity contribution in [1.82, 2.24) is 4.98 Å². The third-order valence-corrected chi connectivity index (χ3v) is 7.04. The molecule has 4 aliphatic heterocycles. The maximum atomic E-state index is 12.1. The standard InChI is InChI=1S/C20H22N2O2/c1-3-11-10-22(2)16-9-14-12-6-4-5-7-15(12)21-19(14)17(22)8-13(11)18(16)20(23)24/h3-7,13,16-18,21H,8-10H2,1-2H3/p+1/b11-3-/t13-,16?,17-,18?,22?/m0/s1. The van der Waals surface area contributed by atoms with Gasteiger partial charge in [-0.25, -0.2) is 0 Å². The second kappa shape index (κ2) is 4.51. The van der Waals surface area contributed by atoms with E-state index in [4.69, 9.17) is 0 Å². The first-order valence-corrected chi connectivity index (χ1v) is 8.87. The lowest BCUT2D eigenvalue weighted by Crippen LogP contribution is -2.71. The number of carboxylic acid groups (broad SMARTS) is 1. The Kier molecular flexibility index (Phi) is 2.69. The number of aromatic nitrogens is 1. The number of nitrogens with one attached hydrogen (secondary N) is 1. The first-order chi connectivity index (χ1) is 11.5. The van der Waals surface area contributed by atoms with Crippen molar-refractivity contribution in [3.63, 3.8) is 0 Å². The molecular weight excluding hydrogens is 300 g/mol. The minimum atomic E-state index is -0.616. The molecule has 5 atom stereocenters. The molecule has 124 valence electrons. The van der Waals surface area contributed by atoms with Gasteiger partial charge in [0.1, 0.15) is 24.5 Å². The van der Waals surface area contributed by atoms with Crippen LogP contribution in [0.1, 0.15) is 30.6 Å². The predicted molar refractivity (Wildman–Crippen MR) is 92.6 cm³/mol. The van der Waals surface area contributed by atoms with Gasteiger partial charge in [-0.15, -0.1) is 0 Å². The summed E-state index contributed by atoms with van der Waals surface area (Å²) in [4.78, 5) is 15.8. The quantitative estimate of drug-likeness (QED) is 0.625. The van der Waals surface area contributed by atoms with Crippen LogP contribution < -0.4 is 0 Å². The Morgan fingerprint density at radius 2 is 2.17 bits per heavy atom. The number of aromatic amines is 1. The molecule has 0 spiro atoms. The summed E-state index contributed by atoms with van der Waals surface area (Å²) < 4.78 is 0.854. The Morgan fingerprint density at radius 3 is 2.92 bits per heavy atom. The Bertz CT molecular complexity index is 896. The Balaban J connectivity index is 1.75. The molecule has 0 radical (unpaired) electrons. The lowest BCUT2D eigenvalue weighted by atomic mass is 9.62. The molecule has 3 fully saturated rings. The summed E-state index contributed by atoms with van der Waals surface area (Å²) in [6.45, 7) is 3.06. The number of rotatable bonds is 1. The summed E-state index contributed by atoms with van der Waals surface area (Å²) in [6, 6.07) is 9.04. The second-order valence-corrected chi connectivity index (χ2v) is 7.92. The highest BCUT2D eigenvalue weighted by Crippen LogP contribution is 2.57. The van der Waals surface area contributed by atoms with E-state index in [-0.39, 0.29) is 17.9 Å². The van der Waals surface area contributed by atoms with E-state index in [1.54, 1.807) is 0 Å². The summed E-state index contributed by atoms with van der Waals surface area (Å²) in [7, 11) is 2.28. The van der Waals surface area contributed by atoms with Crippen LogP contribution in [-0.4, -0.2) is 40.2 Å². The Labute approximate surface area is 141 Å². The average molecular weight is 323 g/mol. The molecule has 2 N–H and O–H groups in total. The zero-order chi connectivity index (χ0) is 16.6. The number of aliphatic carboxylic acids is 1. The van der Waals surface area contributed by atoms with Gasteiger partial charge in [0.05, 0.1) is 12.7 Å². The van der Waals surface area contributed by atoms with Gasteiger partial charge in [0.2, 0.25) is 0 Å². The summed E-state index contributed by atoms with van der Waals surface area (Å²) in [5.41, 5.74) is 5.26. The summed E-state index contributed by atoms with van der Waals surface area (Å²) in [5, 5.41) is 11.2. The van der Waals surface area contributed by atoms with Crippen LogP contribution in [0.25, 0.3) is 10.9 Å². The van der Waals surface area contributed by atoms with Gasteiger partial charge in [0, 0.05) is 29.7 Å². The molecule has 1 aromatic carbocycles. The smallest absolute Gasteiger partial charge is 0.313 e. The van der Waals surface area contributed by atoms with E-state index in [9.17, 15) is 9.90 Å². The maximum Gasteiger partial charge on any atom is 0.313 e. The van der Waals surface area contributed by atoms with E-state index in [0.29, 0.717) is 6.04 Å². The topological polar surface area (TPSA) is 53.1 Å². The fraction of sp³-hybridized carbons (Fsp3) is 0.450. The molecule has 4 nitrogen and oxygen atoms in total. The lowest BCUT2D eigenvalue weighted by molar-refractivity contribution is -0.977. The molecule has 0 amide bonds. The van der Waals surface area contributed by atoms with Gasteiger partial charge in [-0.3, -0.25) is 4.79 Å². The van der Waals surface area contributed by atoms with Gasteiger partial charge in [-0.2, -0.15) is 0 Å². The number of piperidine rings is 3. The number of nitrogens with zero attached hydrogens (tertiary/aromatic N) is 1. The Hall–Kier alpha value is -2.07. The second-order valence-electron chi connectivity index (χ2n) is 7.92. The number of para-hydroxylation sites is 1. The average Bonchev–Trinajstić information content (AvgIpc) is 2.92. The van der Waals surface area contributed by atoms with Gasteiger partial charge in [0.15, 0.2) is 0 Å². The number of benzene rings is 1. The molecule has 2 aromatic rings. The van der Waals surface area contributed by atoms with E-state index in [1.165, 1.54) is 27.7 Å². The number of H-pyrrole nitrogens is 1. The molecule has 1 aromatic heterocycles. The number of carbonyl (C=O) groups is 1. The van der Waals surface area contributed by atoms with Crippen LogP contribution in [0.4, 0.5) is 0 Å². The fourth-order valence-electron chi connectivity index (χ4n) is 5.94. The normalized spacial score (nSPS) is 38.5. The molecule has 3 unspecified atom stereocenters. The number of carboxylic acids is 1. The van der Waals surface area contributed by atoms with E-state index in [2.05, 4.69) is 49.3 Å². The van der Waals surface area contributed by atoms with Crippen LogP contribution in [0.5, 0.6) is 0 Å². The van der Waals surface area contributed by atoms with Crippen LogP contribution in [-0.2, 0) is 11.2 Å². The van der Waals surface area contributed by atoms with E-state index in [0.717, 1.165) is 23.9 Å². The molecule has 4 bridgehead atoms. The molecule has 4 heteroatoms. The monoisotopic (exact) mass is 323 g/mol. The minimum absolute atomic E-state index is 0.182. The number of fused-ring (bicyclic) bond motifs is 4. The van der Waals surface area contributed by atoms with E-state index < -0.39 is 5.97 Å². The number of quaternary nitrogens is 1. The lowest BCUT2D eigenvalue weighted by Gasteiger charge is -2.62. The van der Waals surface area contributed by atoms with Gasteiger partial charge >= 0.3 is 5.97 Å². The van der Waals surface area contributed by atoms with E-state index >= 15 is 0 Å². The van der Waals surface area contributed by atoms with Crippen molar-refractivity contribution in [2.75, 3.05) is 13.6 Å². The van der Waals surface area contributed by atoms with Crippen LogP contribution in [0.3, 0.4) is 0 Å². The highest BCUT2D eigenvalue weighted by molar-refractivity contribution is 5.85. The van der Waals surface area contributed by atoms with Crippen LogP contribution in [0.15, 0.2) is 35.9 Å². The zero-order valence-corrected chi connectivity index (χ0v) is 14.1. The first kappa shape index (κ1) is 14.3. The van der Waals surface area contributed by atoms with Gasteiger partial charge < -0.3 is 14.6 Å². The van der Waals surface area contributed by atoms with Crippen molar-refractivity contribution in [1.29, 1.82) is 0 Å². The van der Waals surface area contributed by atoms with Crippen LogP contribution in [0, 0.1) is 11.8 Å². The highest BCUT2D eigenvalue weighted by Gasteiger charge is 2.63. The van der Waals surface area contributed by atoms with Crippen LogP contribution >= 0.6 is 0 Å². The molecule has 6 rings (SSSR count). The molecule has 4 aliphatic rings. The number of likely N-dealkylation sites (N-methyl/N-ethyl adjacent to an activating group) is 1. The molecule has 0 saturated carbocycles. The first-order valence-electron chi connectivity index (χ1n) is 8.87. The number of hydrogen-bond acceptors (Lipinski definition) is 1. The largest absolute Gasteiger partial charge is 0.481 e. The third kappa shape index (κ3) is 1.55. The molecule has 3 saturated heterocycles. The molecule has 5 heterocycles. The van der Waals surface area contributed by atoms with Crippen molar-refractivity contribution in [2.45, 2.75) is 31.8 Å². The predicted octanol–water partition coefficient (Wildman–Crippen LogP) is 3.26. The van der Waals surface area contributed by atoms with Crippen molar-refractivity contribution in [3.05, 3.63) is 47.2 Å². The highest BCUT2D eigenvalue weighted by atomic mass is 16.4. The van der Waals surface area contributed by atoms with Gasteiger partial charge in [0.25, 0.3) is 0 Å². The SMILES string of the molecule is C/C=C1/C[N+]2(C)C3Cc4c([nH]c5ccccc45)[C@@H]2C[C@@H]1C3C(=O)O. The van der Waals surface area contributed by atoms with Crippen LogP contribution in [0.2, 0.25) is 0 Å². The number of hydrogen-bond donors (Lipinski definition) is 2. The molecular formula is C20H23N2O2+. The maximum absolute atomic E-state index is 12.1. The Morgan fingerprint density at radius 1 is 1.38 bits per heavy atom. The van der Waals surface area contributed by atoms with Crippen molar-refractivity contribution >= 4 is 16.9 Å². The third-order valence-electron chi connectivity index (χ3n) is 7.04. The zero-order valence-electron chi connectivity index (χ0n) is 14.1. The van der Waals surface area contributed by atoms with E-state index in [1.807, 2.05) is 0 Å². The van der Waals surface area contributed by atoms with Gasteiger partial charge in [-0.05, 0) is 24.1 Å². The van der Waals surface area contributed by atoms with Gasteiger partial charge in [-0.1, -0.05) is 24.3 Å². The summed E-state index contributed by atoms with van der Waals surface area (Å²) in [5.74, 6) is -0.676.